The molecular weight excluding hydrogens is 216 g/mol. The highest BCUT2D eigenvalue weighted by atomic mass is 32.2. The average molecular weight is 234 g/mol. The van der Waals surface area contributed by atoms with E-state index in [0.717, 1.165) is 0 Å². The van der Waals surface area contributed by atoms with Gasteiger partial charge in [0.2, 0.25) is 0 Å². The van der Waals surface area contributed by atoms with Gasteiger partial charge in [-0.1, -0.05) is 6.92 Å². The standard InChI is InChI=1S/C10H18O4S/c1-7(2)14-9(11)6-15-5-8(3)10(12)13-4/h7-8H,5-6H2,1-4H3. The molecule has 0 saturated carbocycles. The Bertz CT molecular complexity index is 215. The predicted octanol–water partition coefficient (Wildman–Crippen LogP) is 1.48. The fraction of sp³-hybridized carbons (Fsp3) is 0.800. The maximum Gasteiger partial charge on any atom is 0.316 e. The number of hydrogen-bond acceptors (Lipinski definition) is 5. The maximum absolute atomic E-state index is 11.1. The highest BCUT2D eigenvalue weighted by molar-refractivity contribution is 7.99. The second-order valence-corrected chi connectivity index (χ2v) is 4.51. The van der Waals surface area contributed by atoms with Gasteiger partial charge in [-0.2, -0.15) is 0 Å². The van der Waals surface area contributed by atoms with Crippen molar-refractivity contribution < 1.29 is 19.1 Å². The van der Waals surface area contributed by atoms with Gasteiger partial charge in [-0.15, -0.1) is 11.8 Å². The number of carbonyl (C=O) groups excluding carboxylic acids is 2. The van der Waals surface area contributed by atoms with Crippen molar-refractivity contribution in [1.29, 1.82) is 0 Å². The van der Waals surface area contributed by atoms with Crippen LogP contribution in [-0.2, 0) is 19.1 Å². The van der Waals surface area contributed by atoms with Crippen LogP contribution >= 0.6 is 11.8 Å². The lowest BCUT2D eigenvalue weighted by atomic mass is 10.2. The predicted molar refractivity (Wildman–Crippen MR) is 59.7 cm³/mol. The number of thioether (sulfide) groups is 1. The molecule has 0 aromatic carbocycles. The summed E-state index contributed by atoms with van der Waals surface area (Å²) in [5.74, 6) is 0.165. The molecule has 0 N–H and O–H groups in total. The Morgan fingerprint density at radius 2 is 1.87 bits per heavy atom. The van der Waals surface area contributed by atoms with Gasteiger partial charge in [0.15, 0.2) is 0 Å². The average Bonchev–Trinajstić information content (AvgIpc) is 2.15. The minimum atomic E-state index is -0.250. The smallest absolute Gasteiger partial charge is 0.316 e. The highest BCUT2D eigenvalue weighted by Gasteiger charge is 2.14. The molecule has 0 spiro atoms. The zero-order valence-electron chi connectivity index (χ0n) is 9.61. The molecule has 0 rings (SSSR count). The quantitative estimate of drug-likeness (QED) is 0.652. The summed E-state index contributed by atoms with van der Waals surface area (Å²) in [6.45, 7) is 5.38. The molecule has 0 aliphatic rings. The first kappa shape index (κ1) is 14.3. The molecule has 0 radical (unpaired) electrons. The van der Waals surface area contributed by atoms with Gasteiger partial charge in [0, 0.05) is 5.75 Å². The van der Waals surface area contributed by atoms with Crippen LogP contribution in [0.4, 0.5) is 0 Å². The second-order valence-electron chi connectivity index (χ2n) is 3.48. The monoisotopic (exact) mass is 234 g/mol. The van der Waals surface area contributed by atoms with Crippen molar-refractivity contribution in [3.05, 3.63) is 0 Å². The molecule has 0 amide bonds. The highest BCUT2D eigenvalue weighted by Crippen LogP contribution is 2.10. The van der Waals surface area contributed by atoms with Crippen LogP contribution in [-0.4, -0.2) is 36.7 Å². The zero-order chi connectivity index (χ0) is 11.8. The van der Waals surface area contributed by atoms with E-state index in [9.17, 15) is 9.59 Å². The third-order valence-electron chi connectivity index (χ3n) is 1.56. The molecule has 0 aliphatic heterocycles. The van der Waals surface area contributed by atoms with E-state index in [2.05, 4.69) is 4.74 Å². The van der Waals surface area contributed by atoms with Crippen LogP contribution in [0.2, 0.25) is 0 Å². The van der Waals surface area contributed by atoms with Gasteiger partial charge in [0.1, 0.15) is 0 Å². The fourth-order valence-electron chi connectivity index (χ4n) is 0.885. The van der Waals surface area contributed by atoms with Crippen LogP contribution in [0.1, 0.15) is 20.8 Å². The Kier molecular flexibility index (Phi) is 7.21. The van der Waals surface area contributed by atoms with Crippen molar-refractivity contribution in [3.8, 4) is 0 Å². The number of methoxy groups -OCH3 is 1. The molecule has 88 valence electrons. The molecule has 5 heteroatoms. The van der Waals surface area contributed by atoms with Gasteiger partial charge in [0.05, 0.1) is 24.9 Å². The summed E-state index contributed by atoms with van der Waals surface area (Å²) in [5, 5.41) is 0. The first-order chi connectivity index (χ1) is 6.97. The van der Waals surface area contributed by atoms with Gasteiger partial charge < -0.3 is 9.47 Å². The third kappa shape index (κ3) is 7.25. The van der Waals surface area contributed by atoms with Gasteiger partial charge in [-0.25, -0.2) is 0 Å². The van der Waals surface area contributed by atoms with Gasteiger partial charge >= 0.3 is 11.9 Å². The molecule has 0 saturated heterocycles. The lowest BCUT2D eigenvalue weighted by molar-refractivity contribution is -0.145. The van der Waals surface area contributed by atoms with Gasteiger partial charge in [-0.3, -0.25) is 9.59 Å². The van der Waals surface area contributed by atoms with Crippen molar-refractivity contribution >= 4 is 23.7 Å². The summed E-state index contributed by atoms with van der Waals surface area (Å²) in [5.41, 5.74) is 0. The Hall–Kier alpha value is -0.710. The Labute approximate surface area is 94.7 Å². The second kappa shape index (κ2) is 7.56. The van der Waals surface area contributed by atoms with E-state index in [-0.39, 0.29) is 29.7 Å². The van der Waals surface area contributed by atoms with E-state index < -0.39 is 0 Å². The summed E-state index contributed by atoms with van der Waals surface area (Å²) < 4.78 is 9.51. The minimum Gasteiger partial charge on any atom is -0.469 e. The van der Waals surface area contributed by atoms with Crippen LogP contribution in [0.15, 0.2) is 0 Å². The van der Waals surface area contributed by atoms with Crippen molar-refractivity contribution in [2.45, 2.75) is 26.9 Å². The van der Waals surface area contributed by atoms with Crippen molar-refractivity contribution in [1.82, 2.24) is 0 Å². The van der Waals surface area contributed by atoms with E-state index in [1.165, 1.54) is 18.9 Å². The Balaban J connectivity index is 3.61. The summed E-state index contributed by atoms with van der Waals surface area (Å²) in [4.78, 5) is 22.1. The van der Waals surface area contributed by atoms with Crippen LogP contribution < -0.4 is 0 Å². The first-order valence-corrected chi connectivity index (χ1v) is 5.98. The van der Waals surface area contributed by atoms with E-state index in [4.69, 9.17) is 4.74 Å². The van der Waals surface area contributed by atoms with Gasteiger partial charge in [0.25, 0.3) is 0 Å². The van der Waals surface area contributed by atoms with Crippen LogP contribution in [0.5, 0.6) is 0 Å². The molecule has 15 heavy (non-hydrogen) atoms. The van der Waals surface area contributed by atoms with Crippen LogP contribution in [0, 0.1) is 5.92 Å². The summed E-state index contributed by atoms with van der Waals surface area (Å²) in [6, 6.07) is 0. The lowest BCUT2D eigenvalue weighted by Gasteiger charge is -2.09. The van der Waals surface area contributed by atoms with E-state index in [1.807, 2.05) is 0 Å². The summed E-state index contributed by atoms with van der Waals surface area (Å²) in [6.07, 6.45) is -0.0869. The number of rotatable bonds is 6. The van der Waals surface area contributed by atoms with Crippen molar-refractivity contribution in [2.24, 2.45) is 5.92 Å². The largest absolute Gasteiger partial charge is 0.469 e. The molecule has 0 aromatic heterocycles. The van der Waals surface area contributed by atoms with Crippen LogP contribution in [0.3, 0.4) is 0 Å². The summed E-state index contributed by atoms with van der Waals surface area (Å²) in [7, 11) is 1.36. The van der Waals surface area contributed by atoms with Crippen molar-refractivity contribution in [3.63, 3.8) is 0 Å². The molecule has 4 nitrogen and oxygen atoms in total. The molecule has 1 unspecified atom stereocenters. The lowest BCUT2D eigenvalue weighted by Crippen LogP contribution is -2.17. The Morgan fingerprint density at radius 1 is 1.27 bits per heavy atom. The number of carbonyl (C=O) groups is 2. The number of esters is 2. The molecule has 1 atom stereocenters. The van der Waals surface area contributed by atoms with E-state index in [0.29, 0.717) is 5.75 Å². The topological polar surface area (TPSA) is 52.6 Å². The SMILES string of the molecule is COC(=O)C(C)CSCC(=O)OC(C)C. The molecule has 0 aromatic rings. The normalized spacial score (nSPS) is 12.3. The van der Waals surface area contributed by atoms with Gasteiger partial charge in [-0.05, 0) is 13.8 Å². The summed E-state index contributed by atoms with van der Waals surface area (Å²) >= 11 is 1.38. The van der Waals surface area contributed by atoms with E-state index in [1.54, 1.807) is 20.8 Å². The molecular formula is C10H18O4S. The number of hydrogen-bond donors (Lipinski definition) is 0. The number of ether oxygens (including phenoxy) is 2. The Morgan fingerprint density at radius 3 is 2.33 bits per heavy atom. The maximum atomic E-state index is 11.1. The molecule has 0 fully saturated rings. The van der Waals surface area contributed by atoms with E-state index >= 15 is 0 Å². The molecule has 0 aliphatic carbocycles. The van der Waals surface area contributed by atoms with Crippen LogP contribution in [0.25, 0.3) is 0 Å². The zero-order valence-corrected chi connectivity index (χ0v) is 10.4. The van der Waals surface area contributed by atoms with Crippen molar-refractivity contribution in [2.75, 3.05) is 18.6 Å². The molecule has 0 bridgehead atoms. The fourth-order valence-corrected chi connectivity index (χ4v) is 1.73. The molecule has 0 heterocycles. The first-order valence-electron chi connectivity index (χ1n) is 4.82. The third-order valence-corrected chi connectivity index (χ3v) is 2.73. The minimum absolute atomic E-state index is 0.0869.